The number of hydrogen-bond donors (Lipinski definition) is 1. The molecule has 1 aliphatic carbocycles. The van der Waals surface area contributed by atoms with E-state index in [-0.39, 0.29) is 5.82 Å². The third-order valence-electron chi connectivity index (χ3n) is 3.61. The van der Waals surface area contributed by atoms with E-state index < -0.39 is 0 Å². The van der Waals surface area contributed by atoms with Crippen molar-refractivity contribution in [2.45, 2.75) is 31.7 Å². The van der Waals surface area contributed by atoms with E-state index in [0.717, 1.165) is 6.42 Å². The minimum atomic E-state index is -0.274. The Kier molecular flexibility index (Phi) is 4.37. The van der Waals surface area contributed by atoms with Gasteiger partial charge in [0.25, 0.3) is 0 Å². The van der Waals surface area contributed by atoms with Gasteiger partial charge >= 0.3 is 0 Å². The topological polar surface area (TPSA) is 21.3 Å². The fraction of sp³-hybridized carbons (Fsp3) is 0.571. The molecule has 2 nitrogen and oxygen atoms in total. The summed E-state index contributed by atoms with van der Waals surface area (Å²) >= 11 is 0. The summed E-state index contributed by atoms with van der Waals surface area (Å²) in [6.45, 7) is 0.601. The Hall–Kier alpha value is -1.09. The highest BCUT2D eigenvalue weighted by atomic mass is 19.1. The maximum atomic E-state index is 13.3. The molecule has 1 aliphatic rings. The van der Waals surface area contributed by atoms with Crippen LogP contribution in [-0.2, 0) is 0 Å². The second kappa shape index (κ2) is 6.01. The lowest BCUT2D eigenvalue weighted by Gasteiger charge is -2.18. The molecule has 1 fully saturated rings. The van der Waals surface area contributed by atoms with Crippen LogP contribution in [0.1, 0.15) is 25.7 Å². The molecule has 0 aliphatic heterocycles. The van der Waals surface area contributed by atoms with E-state index in [4.69, 9.17) is 4.74 Å². The average molecular weight is 237 g/mol. The van der Waals surface area contributed by atoms with Crippen molar-refractivity contribution in [1.29, 1.82) is 0 Å². The highest BCUT2D eigenvalue weighted by molar-refractivity contribution is 5.23. The Morgan fingerprint density at radius 3 is 2.94 bits per heavy atom. The first-order valence-electron chi connectivity index (χ1n) is 6.36. The molecule has 2 rings (SSSR count). The quantitative estimate of drug-likeness (QED) is 0.850. The maximum Gasteiger partial charge on any atom is 0.165 e. The van der Waals surface area contributed by atoms with Crippen molar-refractivity contribution in [3.8, 4) is 5.75 Å². The van der Waals surface area contributed by atoms with Crippen LogP contribution in [0.25, 0.3) is 0 Å². The van der Waals surface area contributed by atoms with Gasteiger partial charge in [-0.2, -0.15) is 0 Å². The molecule has 2 atom stereocenters. The van der Waals surface area contributed by atoms with Crippen LogP contribution >= 0.6 is 0 Å². The SMILES string of the molecule is CNC1CCCC1CCOc1ccccc1F. The molecule has 0 aromatic heterocycles. The van der Waals surface area contributed by atoms with E-state index in [1.54, 1.807) is 18.2 Å². The van der Waals surface area contributed by atoms with Crippen molar-refractivity contribution in [1.82, 2.24) is 5.32 Å². The molecule has 0 amide bonds. The number of hydrogen-bond acceptors (Lipinski definition) is 2. The van der Waals surface area contributed by atoms with Gasteiger partial charge in [-0.15, -0.1) is 0 Å². The summed E-state index contributed by atoms with van der Waals surface area (Å²) in [5, 5.41) is 3.34. The van der Waals surface area contributed by atoms with Crippen LogP contribution in [0.5, 0.6) is 5.75 Å². The molecule has 2 unspecified atom stereocenters. The van der Waals surface area contributed by atoms with Crippen molar-refractivity contribution in [3.05, 3.63) is 30.1 Å². The summed E-state index contributed by atoms with van der Waals surface area (Å²) in [7, 11) is 2.01. The maximum absolute atomic E-state index is 13.3. The van der Waals surface area contributed by atoms with Gasteiger partial charge in [-0.3, -0.25) is 0 Å². The van der Waals surface area contributed by atoms with Gasteiger partial charge in [-0.1, -0.05) is 18.6 Å². The largest absolute Gasteiger partial charge is 0.491 e. The molecule has 94 valence electrons. The summed E-state index contributed by atoms with van der Waals surface area (Å²) in [5.74, 6) is 0.766. The van der Waals surface area contributed by atoms with Gasteiger partial charge in [0.15, 0.2) is 11.6 Å². The third kappa shape index (κ3) is 3.19. The molecule has 1 N–H and O–H groups in total. The molecule has 0 bridgehead atoms. The number of para-hydroxylation sites is 1. The Morgan fingerprint density at radius 2 is 2.18 bits per heavy atom. The third-order valence-corrected chi connectivity index (χ3v) is 3.61. The zero-order valence-electron chi connectivity index (χ0n) is 10.3. The van der Waals surface area contributed by atoms with E-state index in [1.807, 2.05) is 7.05 Å². The monoisotopic (exact) mass is 237 g/mol. The van der Waals surface area contributed by atoms with Crippen molar-refractivity contribution in [3.63, 3.8) is 0 Å². The van der Waals surface area contributed by atoms with E-state index in [2.05, 4.69) is 5.32 Å². The Bertz CT molecular complexity index is 356. The van der Waals surface area contributed by atoms with Gasteiger partial charge in [0, 0.05) is 6.04 Å². The van der Waals surface area contributed by atoms with Gasteiger partial charge < -0.3 is 10.1 Å². The van der Waals surface area contributed by atoms with Crippen LogP contribution in [0.3, 0.4) is 0 Å². The molecular formula is C14H20FNO. The molecule has 1 aromatic rings. The minimum absolute atomic E-state index is 0.274. The van der Waals surface area contributed by atoms with Gasteiger partial charge in [0.2, 0.25) is 0 Å². The summed E-state index contributed by atoms with van der Waals surface area (Å²) in [4.78, 5) is 0. The van der Waals surface area contributed by atoms with Crippen molar-refractivity contribution < 1.29 is 9.13 Å². The first kappa shape index (κ1) is 12.4. The number of halogens is 1. The predicted molar refractivity (Wildman–Crippen MR) is 66.7 cm³/mol. The average Bonchev–Trinajstić information content (AvgIpc) is 2.79. The molecule has 17 heavy (non-hydrogen) atoms. The number of rotatable bonds is 5. The lowest BCUT2D eigenvalue weighted by molar-refractivity contribution is 0.254. The van der Waals surface area contributed by atoms with E-state index in [0.29, 0.717) is 24.3 Å². The Balaban J connectivity index is 1.78. The van der Waals surface area contributed by atoms with Crippen LogP contribution in [0, 0.1) is 11.7 Å². The highest BCUT2D eigenvalue weighted by Crippen LogP contribution is 2.28. The summed E-state index contributed by atoms with van der Waals surface area (Å²) in [5.41, 5.74) is 0. The summed E-state index contributed by atoms with van der Waals surface area (Å²) in [6, 6.07) is 7.20. The predicted octanol–water partition coefficient (Wildman–Crippen LogP) is 2.98. The smallest absolute Gasteiger partial charge is 0.165 e. The zero-order chi connectivity index (χ0) is 12.1. The Morgan fingerprint density at radius 1 is 1.35 bits per heavy atom. The summed E-state index contributed by atoms with van der Waals surface area (Å²) in [6.07, 6.45) is 4.79. The standard InChI is InChI=1S/C14H20FNO/c1-16-13-7-4-5-11(13)9-10-17-14-8-3-2-6-12(14)15/h2-3,6,8,11,13,16H,4-5,7,9-10H2,1H3. The van der Waals surface area contributed by atoms with Gasteiger partial charge in [-0.25, -0.2) is 4.39 Å². The minimum Gasteiger partial charge on any atom is -0.491 e. The van der Waals surface area contributed by atoms with Gasteiger partial charge in [0.05, 0.1) is 6.61 Å². The van der Waals surface area contributed by atoms with Crippen LogP contribution in [0.2, 0.25) is 0 Å². The second-order valence-corrected chi connectivity index (χ2v) is 4.65. The van der Waals surface area contributed by atoms with E-state index in [9.17, 15) is 4.39 Å². The molecule has 1 saturated carbocycles. The second-order valence-electron chi connectivity index (χ2n) is 4.65. The lowest BCUT2D eigenvalue weighted by Crippen LogP contribution is -2.29. The fourth-order valence-corrected chi connectivity index (χ4v) is 2.64. The van der Waals surface area contributed by atoms with Crippen LogP contribution in [0.4, 0.5) is 4.39 Å². The molecule has 0 radical (unpaired) electrons. The number of benzene rings is 1. The molecule has 0 saturated heterocycles. The molecule has 0 heterocycles. The molecule has 3 heteroatoms. The molecule has 0 spiro atoms. The highest BCUT2D eigenvalue weighted by Gasteiger charge is 2.25. The van der Waals surface area contributed by atoms with E-state index in [1.165, 1.54) is 25.3 Å². The van der Waals surface area contributed by atoms with Crippen molar-refractivity contribution >= 4 is 0 Å². The first-order chi connectivity index (χ1) is 8.31. The molecule has 1 aromatic carbocycles. The molecular weight excluding hydrogens is 217 g/mol. The number of ether oxygens (including phenoxy) is 1. The van der Waals surface area contributed by atoms with Gasteiger partial charge in [-0.05, 0) is 44.4 Å². The Labute approximate surface area is 102 Å². The zero-order valence-corrected chi connectivity index (χ0v) is 10.3. The first-order valence-corrected chi connectivity index (χ1v) is 6.36. The van der Waals surface area contributed by atoms with Crippen molar-refractivity contribution in [2.75, 3.05) is 13.7 Å². The van der Waals surface area contributed by atoms with Gasteiger partial charge in [0.1, 0.15) is 0 Å². The summed E-state index contributed by atoms with van der Waals surface area (Å²) < 4.78 is 18.8. The fourth-order valence-electron chi connectivity index (χ4n) is 2.64. The number of nitrogens with one attached hydrogen (secondary N) is 1. The van der Waals surface area contributed by atoms with Crippen LogP contribution in [-0.4, -0.2) is 19.7 Å². The van der Waals surface area contributed by atoms with Crippen LogP contribution in [0.15, 0.2) is 24.3 Å². The van der Waals surface area contributed by atoms with Crippen LogP contribution < -0.4 is 10.1 Å². The normalized spacial score (nSPS) is 23.9. The van der Waals surface area contributed by atoms with Crippen molar-refractivity contribution in [2.24, 2.45) is 5.92 Å². The van der Waals surface area contributed by atoms with E-state index >= 15 is 0 Å². The lowest BCUT2D eigenvalue weighted by atomic mass is 10.0.